The minimum absolute atomic E-state index is 0.00462. The summed E-state index contributed by atoms with van der Waals surface area (Å²) in [5.41, 5.74) is 2.21. The van der Waals surface area contributed by atoms with Gasteiger partial charge in [0.25, 0.3) is 0 Å². The zero-order valence-corrected chi connectivity index (χ0v) is 14.4. The third kappa shape index (κ3) is 4.89. The molecular formula is C20H23NO4. The number of amides is 1. The molecule has 1 heterocycles. The quantitative estimate of drug-likeness (QED) is 0.787. The zero-order valence-electron chi connectivity index (χ0n) is 14.4. The van der Waals surface area contributed by atoms with Gasteiger partial charge in [-0.3, -0.25) is 4.79 Å². The molecule has 0 saturated heterocycles. The predicted molar refractivity (Wildman–Crippen MR) is 95.5 cm³/mol. The number of carbonyl (C=O) groups excluding carboxylic acids is 1. The Kier molecular flexibility index (Phi) is 5.77. The van der Waals surface area contributed by atoms with Crippen LogP contribution in [0.3, 0.4) is 0 Å². The van der Waals surface area contributed by atoms with E-state index in [9.17, 15) is 4.79 Å². The van der Waals surface area contributed by atoms with Crippen LogP contribution in [0.5, 0.6) is 17.2 Å². The Morgan fingerprint density at radius 1 is 1.16 bits per heavy atom. The summed E-state index contributed by atoms with van der Waals surface area (Å²) in [6, 6.07) is 13.4. The maximum Gasteiger partial charge on any atom is 0.224 e. The van der Waals surface area contributed by atoms with Gasteiger partial charge in [0, 0.05) is 0 Å². The Balaban J connectivity index is 1.40. The highest BCUT2D eigenvalue weighted by Gasteiger charge is 2.12. The van der Waals surface area contributed by atoms with E-state index in [1.807, 2.05) is 36.4 Å². The summed E-state index contributed by atoms with van der Waals surface area (Å²) in [6.45, 7) is 1.68. The fourth-order valence-corrected chi connectivity index (χ4v) is 2.80. The number of nitrogens with one attached hydrogen (secondary N) is 1. The average Bonchev–Trinajstić information content (AvgIpc) is 2.65. The van der Waals surface area contributed by atoms with E-state index in [1.54, 1.807) is 7.11 Å². The molecule has 0 aliphatic carbocycles. The molecule has 0 fully saturated rings. The summed E-state index contributed by atoms with van der Waals surface area (Å²) < 4.78 is 16.3. The Bertz CT molecular complexity index is 712. The van der Waals surface area contributed by atoms with Crippen molar-refractivity contribution in [2.45, 2.75) is 19.3 Å². The van der Waals surface area contributed by atoms with Gasteiger partial charge in [0.1, 0.15) is 23.9 Å². The normalized spacial score (nSPS) is 12.7. The lowest BCUT2D eigenvalue weighted by atomic mass is 10.0. The predicted octanol–water partition coefficient (Wildman–Crippen LogP) is 2.76. The van der Waals surface area contributed by atoms with Crippen LogP contribution in [0.15, 0.2) is 42.5 Å². The fourth-order valence-electron chi connectivity index (χ4n) is 2.80. The first-order valence-corrected chi connectivity index (χ1v) is 8.53. The van der Waals surface area contributed by atoms with E-state index >= 15 is 0 Å². The van der Waals surface area contributed by atoms with Crippen LogP contribution in [0.1, 0.15) is 17.5 Å². The first kappa shape index (κ1) is 17.1. The fraction of sp³-hybridized carbons (Fsp3) is 0.350. The molecule has 1 amide bonds. The Morgan fingerprint density at radius 3 is 2.76 bits per heavy atom. The van der Waals surface area contributed by atoms with E-state index in [4.69, 9.17) is 14.2 Å². The summed E-state index contributed by atoms with van der Waals surface area (Å²) in [6.07, 6.45) is 2.42. The molecule has 3 rings (SSSR count). The third-order valence-corrected chi connectivity index (χ3v) is 4.09. The van der Waals surface area contributed by atoms with E-state index in [0.717, 1.165) is 42.3 Å². The van der Waals surface area contributed by atoms with Crippen molar-refractivity contribution in [1.82, 2.24) is 5.32 Å². The SMILES string of the molecule is COc1ccc(OCCNC(=O)Cc2ccc3c(c2)CCCO3)cc1. The second-order valence-corrected chi connectivity index (χ2v) is 5.94. The Morgan fingerprint density at radius 2 is 1.96 bits per heavy atom. The molecule has 0 unspecified atom stereocenters. The van der Waals surface area contributed by atoms with Crippen LogP contribution in [0, 0.1) is 0 Å². The molecule has 0 saturated carbocycles. The van der Waals surface area contributed by atoms with Gasteiger partial charge in [0.15, 0.2) is 0 Å². The number of aryl methyl sites for hydroxylation is 1. The number of carbonyl (C=O) groups is 1. The molecule has 1 aliphatic rings. The van der Waals surface area contributed by atoms with Crippen molar-refractivity contribution in [3.63, 3.8) is 0 Å². The van der Waals surface area contributed by atoms with Gasteiger partial charge in [-0.25, -0.2) is 0 Å². The largest absolute Gasteiger partial charge is 0.497 e. The van der Waals surface area contributed by atoms with E-state index < -0.39 is 0 Å². The van der Waals surface area contributed by atoms with Gasteiger partial charge in [-0.05, 0) is 54.3 Å². The molecule has 0 bridgehead atoms. The summed E-state index contributed by atoms with van der Waals surface area (Å²) in [5.74, 6) is 2.49. The molecule has 0 aromatic heterocycles. The molecule has 0 atom stereocenters. The van der Waals surface area contributed by atoms with E-state index in [-0.39, 0.29) is 5.91 Å². The van der Waals surface area contributed by atoms with E-state index in [0.29, 0.717) is 19.6 Å². The highest BCUT2D eigenvalue weighted by molar-refractivity contribution is 5.78. The van der Waals surface area contributed by atoms with Crippen LogP contribution in [-0.2, 0) is 17.6 Å². The average molecular weight is 341 g/mol. The molecule has 5 heteroatoms. The summed E-state index contributed by atoms with van der Waals surface area (Å²) >= 11 is 0. The number of rotatable bonds is 7. The van der Waals surface area contributed by atoms with Crippen LogP contribution in [0.2, 0.25) is 0 Å². The number of ether oxygens (including phenoxy) is 3. The standard InChI is InChI=1S/C20H23NO4/c1-23-17-5-7-18(8-6-17)24-12-10-21-20(22)14-15-4-9-19-16(13-15)3-2-11-25-19/h4-9,13H,2-3,10-12,14H2,1H3,(H,21,22). The lowest BCUT2D eigenvalue weighted by Gasteiger charge is -2.17. The number of hydrogen-bond acceptors (Lipinski definition) is 4. The number of fused-ring (bicyclic) bond motifs is 1. The van der Waals surface area contributed by atoms with Gasteiger partial charge in [-0.2, -0.15) is 0 Å². The summed E-state index contributed by atoms with van der Waals surface area (Å²) in [4.78, 5) is 12.1. The minimum Gasteiger partial charge on any atom is -0.497 e. The molecule has 1 aliphatic heterocycles. The van der Waals surface area contributed by atoms with Gasteiger partial charge in [0.2, 0.25) is 5.91 Å². The molecule has 0 radical (unpaired) electrons. The molecule has 5 nitrogen and oxygen atoms in total. The van der Waals surface area contributed by atoms with E-state index in [2.05, 4.69) is 11.4 Å². The molecule has 2 aromatic carbocycles. The van der Waals surface area contributed by atoms with Gasteiger partial charge in [-0.1, -0.05) is 12.1 Å². The van der Waals surface area contributed by atoms with Crippen molar-refractivity contribution < 1.29 is 19.0 Å². The second kappa shape index (κ2) is 8.42. The van der Waals surface area contributed by atoms with Crippen LogP contribution in [0.4, 0.5) is 0 Å². The van der Waals surface area contributed by atoms with Crippen molar-refractivity contribution in [2.75, 3.05) is 26.9 Å². The summed E-state index contributed by atoms with van der Waals surface area (Å²) in [7, 11) is 1.63. The van der Waals surface area contributed by atoms with Gasteiger partial charge in [0.05, 0.1) is 26.7 Å². The number of methoxy groups -OCH3 is 1. The van der Waals surface area contributed by atoms with E-state index in [1.165, 1.54) is 5.56 Å². The maximum absolute atomic E-state index is 12.1. The highest BCUT2D eigenvalue weighted by Crippen LogP contribution is 2.25. The first-order valence-electron chi connectivity index (χ1n) is 8.53. The Hall–Kier alpha value is -2.69. The number of benzene rings is 2. The van der Waals surface area contributed by atoms with Crippen molar-refractivity contribution in [2.24, 2.45) is 0 Å². The molecule has 132 valence electrons. The zero-order chi connectivity index (χ0) is 17.5. The molecule has 1 N–H and O–H groups in total. The van der Waals surface area contributed by atoms with Crippen molar-refractivity contribution in [3.05, 3.63) is 53.6 Å². The maximum atomic E-state index is 12.1. The van der Waals surface area contributed by atoms with Gasteiger partial charge >= 0.3 is 0 Å². The smallest absolute Gasteiger partial charge is 0.224 e. The van der Waals surface area contributed by atoms with Crippen molar-refractivity contribution in [3.8, 4) is 17.2 Å². The monoisotopic (exact) mass is 341 g/mol. The van der Waals surface area contributed by atoms with Crippen LogP contribution >= 0.6 is 0 Å². The highest BCUT2D eigenvalue weighted by atomic mass is 16.5. The van der Waals surface area contributed by atoms with Gasteiger partial charge in [-0.15, -0.1) is 0 Å². The topological polar surface area (TPSA) is 56.8 Å². The van der Waals surface area contributed by atoms with Crippen LogP contribution < -0.4 is 19.5 Å². The molecular weight excluding hydrogens is 318 g/mol. The number of hydrogen-bond donors (Lipinski definition) is 1. The summed E-state index contributed by atoms with van der Waals surface area (Å²) in [5, 5.41) is 2.88. The lowest BCUT2D eigenvalue weighted by Crippen LogP contribution is -2.29. The lowest BCUT2D eigenvalue weighted by molar-refractivity contribution is -0.120. The third-order valence-electron chi connectivity index (χ3n) is 4.09. The van der Waals surface area contributed by atoms with Crippen LogP contribution in [0.25, 0.3) is 0 Å². The molecule has 25 heavy (non-hydrogen) atoms. The van der Waals surface area contributed by atoms with Gasteiger partial charge < -0.3 is 19.5 Å². The molecule has 0 spiro atoms. The van der Waals surface area contributed by atoms with Crippen LogP contribution in [-0.4, -0.2) is 32.8 Å². The minimum atomic E-state index is -0.00462. The van der Waals surface area contributed by atoms with Crippen molar-refractivity contribution in [1.29, 1.82) is 0 Å². The van der Waals surface area contributed by atoms with Crippen molar-refractivity contribution >= 4 is 5.91 Å². The Labute approximate surface area is 147 Å². The second-order valence-electron chi connectivity index (χ2n) is 5.94. The molecule has 2 aromatic rings. The first-order chi connectivity index (χ1) is 12.2.